The van der Waals surface area contributed by atoms with Gasteiger partial charge in [-0.3, -0.25) is 0 Å². The molecule has 0 bridgehead atoms. The largest absolute Gasteiger partial charge is 0.508 e. The Morgan fingerprint density at radius 2 is 1.36 bits per heavy atom. The summed E-state index contributed by atoms with van der Waals surface area (Å²) in [7, 11) is 0. The summed E-state index contributed by atoms with van der Waals surface area (Å²) in [4.78, 5) is 4.88. The molecule has 25 heavy (non-hydrogen) atoms. The van der Waals surface area contributed by atoms with Crippen molar-refractivity contribution in [1.29, 1.82) is 0 Å². The predicted octanol–water partition coefficient (Wildman–Crippen LogP) is 6.00. The summed E-state index contributed by atoms with van der Waals surface area (Å²) in [6.45, 7) is 2.12. The molecule has 0 amide bonds. The lowest BCUT2D eigenvalue weighted by Gasteiger charge is -2.15. The first-order valence-corrected chi connectivity index (χ1v) is 7.98. The summed E-state index contributed by atoms with van der Waals surface area (Å²) in [6.07, 6.45) is 0. The van der Waals surface area contributed by atoms with Crippen LogP contribution in [0.15, 0.2) is 78.9 Å². The topological polar surface area (TPSA) is 33.1 Å². The third-order valence-corrected chi connectivity index (χ3v) is 4.34. The molecule has 4 rings (SSSR count). The van der Waals surface area contributed by atoms with Crippen molar-refractivity contribution in [3.63, 3.8) is 0 Å². The lowest BCUT2D eigenvalue weighted by molar-refractivity contribution is 0.475. The Labute approximate surface area is 153 Å². The van der Waals surface area contributed by atoms with Crippen molar-refractivity contribution in [1.82, 2.24) is 4.98 Å². The molecule has 1 aromatic heterocycles. The molecule has 0 saturated carbocycles. The number of para-hydroxylation sites is 1. The van der Waals surface area contributed by atoms with Crippen LogP contribution >= 0.6 is 12.4 Å². The number of hydrogen-bond donors (Lipinski definition) is 1. The van der Waals surface area contributed by atoms with Gasteiger partial charge >= 0.3 is 0 Å². The van der Waals surface area contributed by atoms with Gasteiger partial charge in [-0.15, -0.1) is 12.4 Å². The van der Waals surface area contributed by atoms with Gasteiger partial charge in [0, 0.05) is 10.9 Å². The minimum absolute atomic E-state index is 0. The summed E-state index contributed by atoms with van der Waals surface area (Å²) in [5, 5.41) is 10.7. The number of nitrogens with zero attached hydrogens (tertiary/aromatic N) is 1. The van der Waals surface area contributed by atoms with Gasteiger partial charge in [0.15, 0.2) is 0 Å². The Hall–Kier alpha value is -2.84. The van der Waals surface area contributed by atoms with Crippen molar-refractivity contribution < 1.29 is 5.11 Å². The molecule has 4 aromatic rings. The van der Waals surface area contributed by atoms with Gasteiger partial charge in [-0.1, -0.05) is 48.5 Å². The molecule has 1 N–H and O–H groups in total. The molecule has 0 aliphatic rings. The monoisotopic (exact) mass is 347 g/mol. The van der Waals surface area contributed by atoms with Gasteiger partial charge in [0.2, 0.25) is 0 Å². The van der Waals surface area contributed by atoms with E-state index in [-0.39, 0.29) is 18.2 Å². The minimum Gasteiger partial charge on any atom is -0.508 e. The molecular weight excluding hydrogens is 330 g/mol. The fourth-order valence-electron chi connectivity index (χ4n) is 3.18. The van der Waals surface area contributed by atoms with Gasteiger partial charge in [0.1, 0.15) is 5.75 Å². The molecule has 0 saturated heterocycles. The Kier molecular flexibility index (Phi) is 4.73. The van der Waals surface area contributed by atoms with Gasteiger partial charge in [-0.05, 0) is 53.9 Å². The summed E-state index contributed by atoms with van der Waals surface area (Å²) in [6, 6.07) is 25.9. The molecule has 0 fully saturated rings. The second-order valence-corrected chi connectivity index (χ2v) is 5.89. The molecule has 0 radical (unpaired) electrons. The van der Waals surface area contributed by atoms with Crippen molar-refractivity contribution >= 4 is 23.3 Å². The van der Waals surface area contributed by atoms with Crippen LogP contribution < -0.4 is 0 Å². The van der Waals surface area contributed by atoms with E-state index in [4.69, 9.17) is 4.98 Å². The highest BCUT2D eigenvalue weighted by molar-refractivity contribution is 5.99. The quantitative estimate of drug-likeness (QED) is 0.482. The van der Waals surface area contributed by atoms with Crippen molar-refractivity contribution in [3.05, 3.63) is 84.4 Å². The first-order valence-electron chi connectivity index (χ1n) is 7.98. The second-order valence-electron chi connectivity index (χ2n) is 5.89. The molecule has 1 heterocycles. The van der Waals surface area contributed by atoms with E-state index >= 15 is 0 Å². The van der Waals surface area contributed by atoms with Gasteiger partial charge in [0.25, 0.3) is 0 Å². The van der Waals surface area contributed by atoms with Crippen LogP contribution in [0.3, 0.4) is 0 Å². The molecule has 0 unspecified atom stereocenters. The van der Waals surface area contributed by atoms with Crippen LogP contribution in [0.5, 0.6) is 5.75 Å². The number of aromatic nitrogens is 1. The van der Waals surface area contributed by atoms with Crippen molar-refractivity contribution in [2.45, 2.75) is 6.92 Å². The third kappa shape index (κ3) is 3.09. The maximum Gasteiger partial charge on any atom is 0.115 e. The zero-order valence-electron chi connectivity index (χ0n) is 13.8. The van der Waals surface area contributed by atoms with Crippen LogP contribution in [0.1, 0.15) is 5.56 Å². The Morgan fingerprint density at radius 3 is 2.08 bits per heavy atom. The standard InChI is InChI=1S/C22H17NO.ClH/c1-15-21(16-7-3-2-4-8-16)19-9-5-6-10-20(19)23-22(15)17-11-13-18(24)14-12-17;/h2-14,24H,1H3;1H. The second kappa shape index (κ2) is 6.96. The van der Waals surface area contributed by atoms with Crippen LogP contribution in [-0.2, 0) is 0 Å². The molecular formula is C22H18ClNO. The van der Waals surface area contributed by atoms with Crippen LogP contribution in [0.2, 0.25) is 0 Å². The Bertz CT molecular complexity index is 1010. The number of phenolic OH excluding ortho intramolecular Hbond substituents is 1. The van der Waals surface area contributed by atoms with Gasteiger partial charge in [-0.25, -0.2) is 4.98 Å². The first kappa shape index (κ1) is 17.0. The van der Waals surface area contributed by atoms with E-state index < -0.39 is 0 Å². The lowest BCUT2D eigenvalue weighted by Crippen LogP contribution is -1.95. The summed E-state index contributed by atoms with van der Waals surface area (Å²) in [5.41, 5.74) is 6.48. The molecule has 0 atom stereocenters. The summed E-state index contributed by atoms with van der Waals surface area (Å²) < 4.78 is 0. The molecule has 3 aromatic carbocycles. The number of hydrogen-bond acceptors (Lipinski definition) is 2. The van der Waals surface area contributed by atoms with Gasteiger partial charge in [-0.2, -0.15) is 0 Å². The average Bonchev–Trinajstić information content (AvgIpc) is 2.63. The van der Waals surface area contributed by atoms with Crippen LogP contribution in [0.25, 0.3) is 33.3 Å². The number of benzene rings is 3. The fraction of sp³-hybridized carbons (Fsp3) is 0.0455. The Morgan fingerprint density at radius 1 is 0.720 bits per heavy atom. The number of aromatic hydroxyl groups is 1. The van der Waals surface area contributed by atoms with E-state index in [9.17, 15) is 5.11 Å². The Balaban J connectivity index is 0.00000182. The van der Waals surface area contributed by atoms with Gasteiger partial charge in [0.05, 0.1) is 11.2 Å². The summed E-state index contributed by atoms with van der Waals surface area (Å²) >= 11 is 0. The average molecular weight is 348 g/mol. The highest BCUT2D eigenvalue weighted by Crippen LogP contribution is 2.36. The molecule has 0 spiro atoms. The minimum atomic E-state index is 0. The zero-order chi connectivity index (χ0) is 16.5. The zero-order valence-corrected chi connectivity index (χ0v) is 14.6. The molecule has 0 aliphatic carbocycles. The van der Waals surface area contributed by atoms with Crippen LogP contribution in [-0.4, -0.2) is 10.1 Å². The van der Waals surface area contributed by atoms with Crippen molar-refractivity contribution in [2.24, 2.45) is 0 Å². The van der Waals surface area contributed by atoms with E-state index in [0.29, 0.717) is 0 Å². The molecule has 2 nitrogen and oxygen atoms in total. The van der Waals surface area contributed by atoms with E-state index in [1.807, 2.05) is 30.3 Å². The molecule has 0 aliphatic heterocycles. The number of pyridine rings is 1. The SMILES string of the molecule is Cc1c(-c2ccc(O)cc2)nc2ccccc2c1-c1ccccc1.Cl. The van der Waals surface area contributed by atoms with E-state index in [0.717, 1.165) is 27.7 Å². The van der Waals surface area contributed by atoms with Crippen molar-refractivity contribution in [2.75, 3.05) is 0 Å². The van der Waals surface area contributed by atoms with Crippen LogP contribution in [0, 0.1) is 6.92 Å². The fourth-order valence-corrected chi connectivity index (χ4v) is 3.18. The van der Waals surface area contributed by atoms with E-state index in [2.05, 4.69) is 43.3 Å². The molecule has 3 heteroatoms. The predicted molar refractivity (Wildman–Crippen MR) is 106 cm³/mol. The highest BCUT2D eigenvalue weighted by atomic mass is 35.5. The summed E-state index contributed by atoms with van der Waals surface area (Å²) in [5.74, 6) is 0.264. The van der Waals surface area contributed by atoms with E-state index in [1.165, 1.54) is 11.1 Å². The first-order chi connectivity index (χ1) is 11.7. The van der Waals surface area contributed by atoms with Crippen LogP contribution in [0.4, 0.5) is 0 Å². The lowest BCUT2D eigenvalue weighted by atomic mass is 9.93. The van der Waals surface area contributed by atoms with Gasteiger partial charge < -0.3 is 5.11 Å². The van der Waals surface area contributed by atoms with Crippen molar-refractivity contribution in [3.8, 4) is 28.1 Å². The number of rotatable bonds is 2. The van der Waals surface area contributed by atoms with E-state index in [1.54, 1.807) is 12.1 Å². The smallest absolute Gasteiger partial charge is 0.115 e. The normalized spacial score (nSPS) is 10.4. The number of phenols is 1. The maximum absolute atomic E-state index is 9.56. The number of fused-ring (bicyclic) bond motifs is 1. The maximum atomic E-state index is 9.56. The highest BCUT2D eigenvalue weighted by Gasteiger charge is 2.14. The number of halogens is 1. The third-order valence-electron chi connectivity index (χ3n) is 4.34. The molecule has 124 valence electrons.